The highest BCUT2D eigenvalue weighted by Crippen LogP contribution is 2.25. The second-order valence-corrected chi connectivity index (χ2v) is 7.49. The summed E-state index contributed by atoms with van der Waals surface area (Å²) in [4.78, 5) is 9.17. The zero-order chi connectivity index (χ0) is 17.8. The minimum atomic E-state index is 0.414. The highest BCUT2D eigenvalue weighted by atomic mass is 35.5. The highest BCUT2D eigenvalue weighted by Gasteiger charge is 2.23. The molecule has 1 N–H and O–H groups in total. The molecule has 2 aliphatic rings. The van der Waals surface area contributed by atoms with Gasteiger partial charge in [-0.25, -0.2) is 9.67 Å². The Balaban J connectivity index is 1.32. The molecule has 0 amide bonds. The number of nitrogens with zero attached hydrogens (tertiary/aromatic N) is 6. The van der Waals surface area contributed by atoms with E-state index in [4.69, 9.17) is 11.6 Å². The molecule has 4 heterocycles. The van der Waals surface area contributed by atoms with E-state index in [9.17, 15) is 0 Å². The molecule has 0 radical (unpaired) electrons. The summed E-state index contributed by atoms with van der Waals surface area (Å²) in [5.74, 6) is 0.963. The molecule has 2 fully saturated rings. The van der Waals surface area contributed by atoms with E-state index in [1.807, 2.05) is 18.2 Å². The van der Waals surface area contributed by atoms with Crippen LogP contribution in [0.2, 0.25) is 5.15 Å². The number of aromatic nitrogens is 4. The Bertz CT molecular complexity index is 703. The Hall–Kier alpha value is -1.70. The fraction of sp³-hybridized carbons (Fsp3) is 0.611. The Morgan fingerprint density at radius 3 is 2.85 bits per heavy atom. The molecule has 4 rings (SSSR count). The Labute approximate surface area is 159 Å². The van der Waals surface area contributed by atoms with E-state index in [1.54, 1.807) is 0 Å². The van der Waals surface area contributed by atoms with Gasteiger partial charge in [-0.15, -0.1) is 5.10 Å². The molecule has 0 saturated carbocycles. The Morgan fingerprint density at radius 1 is 1.12 bits per heavy atom. The molecule has 0 aromatic carbocycles. The van der Waals surface area contributed by atoms with Crippen molar-refractivity contribution in [3.8, 4) is 0 Å². The molecule has 2 aliphatic heterocycles. The van der Waals surface area contributed by atoms with Gasteiger partial charge in [0.1, 0.15) is 11.0 Å². The Morgan fingerprint density at radius 2 is 2.00 bits per heavy atom. The van der Waals surface area contributed by atoms with E-state index in [0.717, 1.165) is 70.2 Å². The van der Waals surface area contributed by atoms with Crippen LogP contribution in [0.15, 0.2) is 24.4 Å². The van der Waals surface area contributed by atoms with Crippen LogP contribution in [0.4, 0.5) is 5.82 Å². The van der Waals surface area contributed by atoms with Crippen LogP contribution in [0.5, 0.6) is 0 Å². The van der Waals surface area contributed by atoms with Gasteiger partial charge in [0, 0.05) is 32.7 Å². The van der Waals surface area contributed by atoms with Crippen LogP contribution in [0.1, 0.15) is 31.0 Å². The van der Waals surface area contributed by atoms with E-state index in [-0.39, 0.29) is 0 Å². The average Bonchev–Trinajstić information content (AvgIpc) is 2.97. The molecule has 2 saturated heterocycles. The van der Waals surface area contributed by atoms with Gasteiger partial charge >= 0.3 is 0 Å². The van der Waals surface area contributed by atoms with Crippen LogP contribution in [0.3, 0.4) is 0 Å². The van der Waals surface area contributed by atoms with Gasteiger partial charge in [0.2, 0.25) is 0 Å². The lowest BCUT2D eigenvalue weighted by Gasteiger charge is -2.32. The number of hydrogen-bond acceptors (Lipinski definition) is 6. The van der Waals surface area contributed by atoms with Crippen molar-refractivity contribution >= 4 is 17.4 Å². The SMILES string of the molecule is Clc1cccc(N2CCC(n3cc(CN4CCCNCC4)nn3)CC2)n1. The molecule has 7 nitrogen and oxygen atoms in total. The zero-order valence-electron chi connectivity index (χ0n) is 15.0. The monoisotopic (exact) mass is 375 g/mol. The van der Waals surface area contributed by atoms with Gasteiger partial charge in [0.15, 0.2) is 0 Å². The van der Waals surface area contributed by atoms with E-state index < -0.39 is 0 Å². The first-order valence-electron chi connectivity index (χ1n) is 9.49. The molecule has 0 aliphatic carbocycles. The molecule has 2 aromatic rings. The van der Waals surface area contributed by atoms with Gasteiger partial charge < -0.3 is 10.2 Å². The minimum absolute atomic E-state index is 0.414. The van der Waals surface area contributed by atoms with Gasteiger partial charge in [0.05, 0.1) is 17.9 Å². The predicted molar refractivity (Wildman–Crippen MR) is 103 cm³/mol. The lowest BCUT2D eigenvalue weighted by Crippen LogP contribution is -2.35. The summed E-state index contributed by atoms with van der Waals surface area (Å²) in [5.41, 5.74) is 1.07. The highest BCUT2D eigenvalue weighted by molar-refractivity contribution is 6.29. The largest absolute Gasteiger partial charge is 0.356 e. The first kappa shape index (κ1) is 17.7. The number of halogens is 1. The molecule has 2 aromatic heterocycles. The summed E-state index contributed by atoms with van der Waals surface area (Å²) in [6.07, 6.45) is 5.43. The maximum Gasteiger partial charge on any atom is 0.131 e. The van der Waals surface area contributed by atoms with Crippen molar-refractivity contribution in [3.05, 3.63) is 35.2 Å². The zero-order valence-corrected chi connectivity index (χ0v) is 15.8. The van der Waals surface area contributed by atoms with Crippen molar-refractivity contribution in [3.63, 3.8) is 0 Å². The lowest BCUT2D eigenvalue weighted by molar-refractivity contribution is 0.281. The number of pyridine rings is 1. The van der Waals surface area contributed by atoms with Crippen molar-refractivity contribution in [1.82, 2.24) is 30.2 Å². The standard InChI is InChI=1S/C18H26ClN7/c19-17-3-1-4-18(21-17)25-10-5-16(6-11-25)26-14-15(22-23-26)13-24-9-2-7-20-8-12-24/h1,3-4,14,16,20H,2,5-13H2. The first-order valence-corrected chi connectivity index (χ1v) is 9.87. The lowest BCUT2D eigenvalue weighted by atomic mass is 10.1. The van der Waals surface area contributed by atoms with E-state index >= 15 is 0 Å². The van der Waals surface area contributed by atoms with Crippen molar-refractivity contribution in [1.29, 1.82) is 0 Å². The summed E-state index contributed by atoms with van der Waals surface area (Å²) >= 11 is 6.01. The molecule has 0 spiro atoms. The van der Waals surface area contributed by atoms with Crippen LogP contribution in [-0.2, 0) is 6.54 Å². The second-order valence-electron chi connectivity index (χ2n) is 7.11. The molecular formula is C18H26ClN7. The maximum absolute atomic E-state index is 6.01. The van der Waals surface area contributed by atoms with Crippen molar-refractivity contribution < 1.29 is 0 Å². The van der Waals surface area contributed by atoms with Crippen molar-refractivity contribution in [2.75, 3.05) is 44.2 Å². The smallest absolute Gasteiger partial charge is 0.131 e. The molecule has 8 heteroatoms. The molecule has 0 unspecified atom stereocenters. The van der Waals surface area contributed by atoms with Crippen LogP contribution in [0.25, 0.3) is 0 Å². The fourth-order valence-corrected chi connectivity index (χ4v) is 3.95. The van der Waals surface area contributed by atoms with Crippen LogP contribution >= 0.6 is 11.6 Å². The van der Waals surface area contributed by atoms with Crippen LogP contribution in [-0.4, -0.2) is 64.1 Å². The van der Waals surface area contributed by atoms with Crippen LogP contribution in [0, 0.1) is 0 Å². The fourth-order valence-electron chi connectivity index (χ4n) is 3.79. The number of rotatable bonds is 4. The molecule has 0 bridgehead atoms. The maximum atomic E-state index is 6.01. The quantitative estimate of drug-likeness (QED) is 0.824. The normalized spacial score (nSPS) is 20.3. The summed E-state index contributed by atoms with van der Waals surface area (Å²) in [6.45, 7) is 7.21. The summed E-state index contributed by atoms with van der Waals surface area (Å²) in [5, 5.41) is 12.8. The molecule has 140 valence electrons. The van der Waals surface area contributed by atoms with Gasteiger partial charge in [-0.05, 0) is 44.5 Å². The van der Waals surface area contributed by atoms with E-state index in [0.29, 0.717) is 11.2 Å². The average molecular weight is 376 g/mol. The minimum Gasteiger partial charge on any atom is -0.356 e. The topological polar surface area (TPSA) is 62.1 Å². The Kier molecular flexibility index (Phi) is 5.67. The van der Waals surface area contributed by atoms with Crippen molar-refractivity contribution in [2.45, 2.75) is 31.8 Å². The van der Waals surface area contributed by atoms with Gasteiger partial charge in [-0.3, -0.25) is 4.90 Å². The van der Waals surface area contributed by atoms with Crippen LogP contribution < -0.4 is 10.2 Å². The first-order chi connectivity index (χ1) is 12.8. The third-order valence-electron chi connectivity index (χ3n) is 5.24. The number of hydrogen-bond donors (Lipinski definition) is 1. The number of anilines is 1. The number of nitrogens with one attached hydrogen (secondary N) is 1. The van der Waals surface area contributed by atoms with E-state index in [1.165, 1.54) is 6.42 Å². The van der Waals surface area contributed by atoms with Gasteiger partial charge in [-0.2, -0.15) is 0 Å². The summed E-state index contributed by atoms with van der Waals surface area (Å²) in [7, 11) is 0. The van der Waals surface area contributed by atoms with Gasteiger partial charge in [-0.1, -0.05) is 22.9 Å². The third-order valence-corrected chi connectivity index (χ3v) is 5.45. The third kappa shape index (κ3) is 4.34. The van der Waals surface area contributed by atoms with Gasteiger partial charge in [0.25, 0.3) is 0 Å². The number of piperidine rings is 1. The molecular weight excluding hydrogens is 350 g/mol. The van der Waals surface area contributed by atoms with Crippen molar-refractivity contribution in [2.24, 2.45) is 0 Å². The second kappa shape index (κ2) is 8.33. The predicted octanol–water partition coefficient (Wildman–Crippen LogP) is 1.96. The van der Waals surface area contributed by atoms with E-state index in [2.05, 4.69) is 41.3 Å². The summed E-state index contributed by atoms with van der Waals surface area (Å²) < 4.78 is 2.06. The molecule has 0 atom stereocenters. The molecule has 26 heavy (non-hydrogen) atoms. The summed E-state index contributed by atoms with van der Waals surface area (Å²) in [6, 6.07) is 6.21.